The van der Waals surface area contributed by atoms with Gasteiger partial charge >= 0.3 is 24.0 Å². The van der Waals surface area contributed by atoms with Crippen molar-refractivity contribution in [3.63, 3.8) is 0 Å². The van der Waals surface area contributed by atoms with Crippen LogP contribution in [0.2, 0.25) is 0 Å². The first-order valence-electron chi connectivity index (χ1n) is 13.8. The number of aliphatic hydroxyl groups is 1. The average Bonchev–Trinajstić information content (AvgIpc) is 2.90. The highest BCUT2D eigenvalue weighted by molar-refractivity contribution is 8.00. The number of hydrogen-bond acceptors (Lipinski definition) is 7. The van der Waals surface area contributed by atoms with Crippen molar-refractivity contribution < 1.29 is 47.3 Å². The Morgan fingerprint density at radius 3 is 2.08 bits per heavy atom. The number of rotatable bonds is 23. The van der Waals surface area contributed by atoms with Crippen molar-refractivity contribution in [2.24, 2.45) is 0 Å². The van der Waals surface area contributed by atoms with Gasteiger partial charge in [0, 0.05) is 17.4 Å². The van der Waals surface area contributed by atoms with Crippen molar-refractivity contribution in [2.75, 3.05) is 19.4 Å². The molecule has 0 aromatic carbocycles. The summed E-state index contributed by atoms with van der Waals surface area (Å²) >= 11 is 0.904. The summed E-state index contributed by atoms with van der Waals surface area (Å²) in [5, 5.41) is 22.5. The molecule has 0 fully saturated rings. The molecule has 0 bridgehead atoms. The second-order valence-corrected chi connectivity index (χ2v) is 10.7. The van der Waals surface area contributed by atoms with Gasteiger partial charge in [-0.2, -0.15) is 13.2 Å². The number of thioether (sulfide) groups is 1. The number of amides is 2. The van der Waals surface area contributed by atoms with Crippen molar-refractivity contribution in [1.82, 2.24) is 10.6 Å². The number of carbonyl (C=O) groups excluding carboxylic acids is 3. The highest BCUT2D eigenvalue weighted by Crippen LogP contribution is 2.23. The molecule has 4 N–H and O–H groups in total. The predicted octanol–water partition coefficient (Wildman–Crippen LogP) is 4.52. The van der Waals surface area contributed by atoms with Crippen LogP contribution in [0.1, 0.15) is 90.4 Å². The lowest BCUT2D eigenvalue weighted by Gasteiger charge is -2.23. The number of methoxy groups -OCH3 is 1. The zero-order chi connectivity index (χ0) is 30.4. The topological polar surface area (TPSA) is 142 Å². The van der Waals surface area contributed by atoms with Crippen LogP contribution in [0.3, 0.4) is 0 Å². The van der Waals surface area contributed by atoms with Crippen LogP contribution in [-0.4, -0.2) is 76.9 Å². The molecule has 0 saturated carbocycles. The van der Waals surface area contributed by atoms with E-state index in [-0.39, 0.29) is 18.6 Å². The van der Waals surface area contributed by atoms with E-state index in [2.05, 4.69) is 17.0 Å². The van der Waals surface area contributed by atoms with Gasteiger partial charge in [-0.15, -0.1) is 11.8 Å². The summed E-state index contributed by atoms with van der Waals surface area (Å²) in [4.78, 5) is 46.1. The van der Waals surface area contributed by atoms with Crippen LogP contribution in [0.25, 0.3) is 0 Å². The van der Waals surface area contributed by atoms with Gasteiger partial charge in [-0.05, 0) is 19.3 Å². The van der Waals surface area contributed by atoms with E-state index in [0.29, 0.717) is 6.42 Å². The Balaban J connectivity index is 5.03. The highest BCUT2D eigenvalue weighted by Gasteiger charge is 2.41. The first kappa shape index (κ1) is 37.7. The maximum absolute atomic E-state index is 12.8. The number of alkyl halides is 3. The normalized spacial score (nSPS) is 13.9. The molecule has 40 heavy (non-hydrogen) atoms. The molecule has 0 saturated heterocycles. The first-order valence-corrected chi connectivity index (χ1v) is 14.9. The monoisotopic (exact) mass is 598 g/mol. The molecule has 13 heteroatoms. The quantitative estimate of drug-likeness (QED) is 0.0764. The summed E-state index contributed by atoms with van der Waals surface area (Å²) in [7, 11) is 1.07. The van der Waals surface area contributed by atoms with Crippen LogP contribution in [0, 0.1) is 0 Å². The molecule has 0 heterocycles. The molecule has 0 aliphatic heterocycles. The minimum Gasteiger partial charge on any atom is -0.481 e. The summed E-state index contributed by atoms with van der Waals surface area (Å²) in [6.45, 7) is 1.58. The average molecular weight is 599 g/mol. The number of allylic oxidation sites excluding steroid dienone is 1. The zero-order valence-electron chi connectivity index (χ0n) is 23.5. The van der Waals surface area contributed by atoms with Crippen LogP contribution < -0.4 is 10.6 Å². The Kier molecular flexibility index (Phi) is 21.1. The smallest absolute Gasteiger partial charge is 0.471 e. The minimum atomic E-state index is -5.24. The van der Waals surface area contributed by atoms with Crippen LogP contribution in [0.5, 0.6) is 0 Å². The summed E-state index contributed by atoms with van der Waals surface area (Å²) in [5.41, 5.74) is 0. The van der Waals surface area contributed by atoms with Crippen molar-refractivity contribution >= 4 is 35.5 Å². The predicted molar refractivity (Wildman–Crippen MR) is 148 cm³/mol. The van der Waals surface area contributed by atoms with E-state index in [1.807, 2.05) is 6.08 Å². The summed E-state index contributed by atoms with van der Waals surface area (Å²) in [5.74, 6) is -5.69. The molecule has 232 valence electrons. The minimum absolute atomic E-state index is 0.107. The summed E-state index contributed by atoms with van der Waals surface area (Å²) < 4.78 is 42.8. The number of aliphatic hydroxyl groups excluding tert-OH is 1. The van der Waals surface area contributed by atoms with Gasteiger partial charge in [0.1, 0.15) is 12.6 Å². The number of ether oxygens (including phenoxy) is 1. The molecule has 0 rings (SSSR count). The number of nitrogens with one attached hydrogen (secondary N) is 2. The van der Waals surface area contributed by atoms with E-state index in [1.165, 1.54) is 44.9 Å². The molecule has 3 unspecified atom stereocenters. The molecule has 2 amide bonds. The molecular formula is C27H45F3N2O7S. The number of halogens is 3. The van der Waals surface area contributed by atoms with Gasteiger partial charge in [0.15, 0.2) is 0 Å². The Morgan fingerprint density at radius 2 is 1.55 bits per heavy atom. The fourth-order valence-corrected chi connectivity index (χ4v) is 4.93. The third-order valence-corrected chi connectivity index (χ3v) is 7.43. The largest absolute Gasteiger partial charge is 0.481 e. The molecule has 3 atom stereocenters. The Bertz CT molecular complexity index is 782. The van der Waals surface area contributed by atoms with Gasteiger partial charge in [0.2, 0.25) is 5.91 Å². The van der Waals surface area contributed by atoms with Crippen molar-refractivity contribution in [3.8, 4) is 0 Å². The van der Waals surface area contributed by atoms with E-state index in [9.17, 15) is 37.5 Å². The Labute approximate surface area is 239 Å². The van der Waals surface area contributed by atoms with Gasteiger partial charge in [0.25, 0.3) is 0 Å². The van der Waals surface area contributed by atoms with E-state index in [4.69, 9.17) is 5.11 Å². The van der Waals surface area contributed by atoms with E-state index < -0.39 is 53.9 Å². The third kappa shape index (κ3) is 19.7. The molecule has 0 aliphatic rings. The van der Waals surface area contributed by atoms with Gasteiger partial charge in [-0.3, -0.25) is 19.2 Å². The standard InChI is InChI=1S/C27H45F3N2O7S/c1-3-4-5-6-7-8-9-10-11-12-13-14-15-22(21(33)16-17-23(34)35)40-19-20(32-26(38)27(28,29)30)25(37)31-18-24(36)39-2/h14-15,20-22,33H,3-13,16-19H2,1-2H3,(H,31,37)(H,32,38)(H,34,35)/b15-14-. The molecule has 0 radical (unpaired) electrons. The van der Waals surface area contributed by atoms with Gasteiger partial charge < -0.3 is 25.6 Å². The molecular weight excluding hydrogens is 553 g/mol. The maximum atomic E-state index is 12.8. The molecule has 0 aromatic heterocycles. The number of esters is 1. The zero-order valence-corrected chi connectivity index (χ0v) is 24.3. The number of aliphatic carboxylic acids is 1. The van der Waals surface area contributed by atoms with E-state index >= 15 is 0 Å². The SMILES string of the molecule is CCCCCCCCCCCC/C=C\C(SCC(NC(=O)C(F)(F)F)C(=O)NCC(=O)OC)C(O)CCC(=O)O. The lowest BCUT2D eigenvalue weighted by atomic mass is 10.1. The Hall–Kier alpha value is -2.28. The van der Waals surface area contributed by atoms with Crippen molar-refractivity contribution in [2.45, 2.75) is 114 Å². The lowest BCUT2D eigenvalue weighted by molar-refractivity contribution is -0.174. The number of carboxylic acids is 1. The summed E-state index contributed by atoms with van der Waals surface area (Å²) in [6, 6.07) is -1.67. The second kappa shape index (κ2) is 22.4. The van der Waals surface area contributed by atoms with Gasteiger partial charge in [-0.25, -0.2) is 0 Å². The molecule has 0 spiro atoms. The van der Waals surface area contributed by atoms with Crippen LogP contribution in [-0.2, 0) is 23.9 Å². The number of hydrogen-bond donors (Lipinski definition) is 4. The first-order chi connectivity index (χ1) is 18.9. The fourth-order valence-electron chi connectivity index (χ4n) is 3.70. The maximum Gasteiger partial charge on any atom is 0.471 e. The molecule has 9 nitrogen and oxygen atoms in total. The lowest BCUT2D eigenvalue weighted by Crippen LogP contribution is -2.52. The number of carbonyl (C=O) groups is 4. The fraction of sp³-hybridized carbons (Fsp3) is 0.778. The molecule has 0 aromatic rings. The second-order valence-electron chi connectivity index (χ2n) is 9.51. The van der Waals surface area contributed by atoms with Crippen molar-refractivity contribution in [3.05, 3.63) is 12.2 Å². The van der Waals surface area contributed by atoms with Crippen LogP contribution >= 0.6 is 11.8 Å². The summed E-state index contributed by atoms with van der Waals surface area (Å²) in [6.07, 6.45) is 9.12. The van der Waals surface area contributed by atoms with E-state index in [1.54, 1.807) is 11.4 Å². The highest BCUT2D eigenvalue weighted by atomic mass is 32.2. The number of unbranched alkanes of at least 4 members (excludes halogenated alkanes) is 10. The van der Waals surface area contributed by atoms with Crippen LogP contribution in [0.15, 0.2) is 12.2 Å². The van der Waals surface area contributed by atoms with Crippen molar-refractivity contribution in [1.29, 1.82) is 0 Å². The molecule has 0 aliphatic carbocycles. The van der Waals surface area contributed by atoms with E-state index in [0.717, 1.165) is 38.1 Å². The number of carboxylic acid groups (broad SMARTS) is 1. The van der Waals surface area contributed by atoms with Crippen LogP contribution in [0.4, 0.5) is 13.2 Å². The van der Waals surface area contributed by atoms with Gasteiger partial charge in [0.05, 0.1) is 13.2 Å². The third-order valence-electron chi connectivity index (χ3n) is 6.05. The van der Waals surface area contributed by atoms with Gasteiger partial charge in [-0.1, -0.05) is 76.9 Å². The Morgan fingerprint density at radius 1 is 0.975 bits per heavy atom.